The third kappa shape index (κ3) is 3.59. The van der Waals surface area contributed by atoms with E-state index >= 15 is 0 Å². The average molecular weight is 263 g/mol. The van der Waals surface area contributed by atoms with E-state index in [9.17, 15) is 0 Å². The highest BCUT2D eigenvalue weighted by Crippen LogP contribution is 2.42. The van der Waals surface area contributed by atoms with Gasteiger partial charge >= 0.3 is 0 Å². The van der Waals surface area contributed by atoms with Gasteiger partial charge in [-0.1, -0.05) is 33.6 Å². The molecule has 1 fully saturated rings. The van der Waals surface area contributed by atoms with E-state index in [1.807, 2.05) is 17.9 Å². The Labute approximate surface area is 117 Å². The van der Waals surface area contributed by atoms with Crippen molar-refractivity contribution in [3.63, 3.8) is 0 Å². The molecule has 0 saturated heterocycles. The van der Waals surface area contributed by atoms with Gasteiger partial charge in [0.1, 0.15) is 0 Å². The van der Waals surface area contributed by atoms with E-state index in [0.29, 0.717) is 11.5 Å². The summed E-state index contributed by atoms with van der Waals surface area (Å²) in [6.07, 6.45) is 8.61. The Morgan fingerprint density at radius 1 is 1.47 bits per heavy atom. The maximum absolute atomic E-state index is 4.55. The van der Waals surface area contributed by atoms with Gasteiger partial charge in [-0.25, -0.2) is 0 Å². The minimum absolute atomic E-state index is 0.458. The lowest BCUT2D eigenvalue weighted by atomic mass is 9.65. The molecule has 19 heavy (non-hydrogen) atoms. The Balaban J connectivity index is 2.10. The summed E-state index contributed by atoms with van der Waals surface area (Å²) in [6.45, 7) is 8.14. The normalized spacial score (nSPS) is 24.3. The number of rotatable bonds is 5. The monoisotopic (exact) mass is 263 g/mol. The van der Waals surface area contributed by atoms with Crippen LogP contribution in [-0.2, 0) is 13.5 Å². The summed E-state index contributed by atoms with van der Waals surface area (Å²) in [7, 11) is 2.00. The van der Waals surface area contributed by atoms with Crippen molar-refractivity contribution in [2.45, 2.75) is 58.9 Å². The quantitative estimate of drug-likeness (QED) is 0.884. The van der Waals surface area contributed by atoms with E-state index in [1.165, 1.54) is 31.4 Å². The predicted octanol–water partition coefficient (Wildman–Crippen LogP) is 3.16. The molecule has 0 aliphatic heterocycles. The number of nitrogens with one attached hydrogen (secondary N) is 1. The number of aryl methyl sites for hydroxylation is 1. The van der Waals surface area contributed by atoms with Crippen LogP contribution in [0.15, 0.2) is 12.3 Å². The largest absolute Gasteiger partial charge is 0.314 e. The molecular formula is C16H29N3. The smallest absolute Gasteiger partial charge is 0.0640 e. The van der Waals surface area contributed by atoms with Gasteiger partial charge in [0.2, 0.25) is 0 Å². The van der Waals surface area contributed by atoms with E-state index < -0.39 is 0 Å². The van der Waals surface area contributed by atoms with Gasteiger partial charge in [0.15, 0.2) is 0 Å². The summed E-state index contributed by atoms with van der Waals surface area (Å²) in [4.78, 5) is 0. The summed E-state index contributed by atoms with van der Waals surface area (Å²) in [6, 6.07) is 2.72. The van der Waals surface area contributed by atoms with Crippen LogP contribution in [0.25, 0.3) is 0 Å². The Morgan fingerprint density at radius 3 is 2.84 bits per heavy atom. The molecule has 1 aliphatic rings. The predicted molar refractivity (Wildman–Crippen MR) is 80.1 cm³/mol. The van der Waals surface area contributed by atoms with Crippen LogP contribution in [-0.4, -0.2) is 22.4 Å². The zero-order valence-electron chi connectivity index (χ0n) is 12.9. The number of nitrogens with zero attached hydrogens (tertiary/aromatic N) is 2. The van der Waals surface area contributed by atoms with Crippen molar-refractivity contribution in [1.29, 1.82) is 0 Å². The van der Waals surface area contributed by atoms with Crippen LogP contribution >= 0.6 is 0 Å². The first-order valence-electron chi connectivity index (χ1n) is 7.75. The lowest BCUT2D eigenvalue weighted by molar-refractivity contribution is 0.0983. The van der Waals surface area contributed by atoms with Gasteiger partial charge in [-0.05, 0) is 36.8 Å². The van der Waals surface area contributed by atoms with Gasteiger partial charge in [-0.2, -0.15) is 5.10 Å². The van der Waals surface area contributed by atoms with Gasteiger partial charge in [0.25, 0.3) is 0 Å². The third-order valence-corrected chi connectivity index (χ3v) is 4.74. The molecule has 0 radical (unpaired) electrons. The van der Waals surface area contributed by atoms with Crippen molar-refractivity contribution in [2.75, 3.05) is 6.54 Å². The van der Waals surface area contributed by atoms with Crippen LogP contribution in [0.5, 0.6) is 0 Å². The molecule has 3 heteroatoms. The van der Waals surface area contributed by atoms with Crippen LogP contribution in [0.1, 0.15) is 52.1 Å². The Kier molecular flexibility index (Phi) is 4.67. The fraction of sp³-hybridized carbons (Fsp3) is 0.812. The number of aromatic nitrogens is 2. The molecule has 1 aromatic heterocycles. The van der Waals surface area contributed by atoms with Crippen LogP contribution in [0.3, 0.4) is 0 Å². The van der Waals surface area contributed by atoms with Crippen LogP contribution in [0, 0.1) is 11.3 Å². The van der Waals surface area contributed by atoms with Gasteiger partial charge < -0.3 is 5.32 Å². The summed E-state index contributed by atoms with van der Waals surface area (Å²) in [5.41, 5.74) is 1.68. The number of hydrogen-bond donors (Lipinski definition) is 1. The van der Waals surface area contributed by atoms with Gasteiger partial charge in [0, 0.05) is 25.7 Å². The molecular weight excluding hydrogens is 234 g/mol. The van der Waals surface area contributed by atoms with Crippen molar-refractivity contribution < 1.29 is 0 Å². The topological polar surface area (TPSA) is 29.9 Å². The standard InChI is InChI=1S/C16H29N3/c1-5-17-15(12-13-9-11-19(4)18-13)14-8-6-7-10-16(14,2)3/h9,11,14-15,17H,5-8,10,12H2,1-4H3. The molecule has 2 unspecified atom stereocenters. The fourth-order valence-electron chi connectivity index (χ4n) is 3.68. The Morgan fingerprint density at radius 2 is 2.26 bits per heavy atom. The lowest BCUT2D eigenvalue weighted by Crippen LogP contribution is -2.46. The highest BCUT2D eigenvalue weighted by Gasteiger charge is 2.37. The summed E-state index contributed by atoms with van der Waals surface area (Å²) in [5.74, 6) is 0.767. The summed E-state index contributed by atoms with van der Waals surface area (Å²) in [5, 5.41) is 8.27. The molecule has 0 spiro atoms. The van der Waals surface area contributed by atoms with Crippen molar-refractivity contribution in [3.05, 3.63) is 18.0 Å². The molecule has 108 valence electrons. The number of hydrogen-bond acceptors (Lipinski definition) is 2. The van der Waals surface area contributed by atoms with E-state index in [-0.39, 0.29) is 0 Å². The zero-order valence-corrected chi connectivity index (χ0v) is 12.9. The second-order valence-electron chi connectivity index (χ2n) is 6.69. The average Bonchev–Trinajstić information content (AvgIpc) is 2.74. The molecule has 1 heterocycles. The molecule has 1 saturated carbocycles. The molecule has 3 nitrogen and oxygen atoms in total. The molecule has 1 N–H and O–H groups in total. The van der Waals surface area contributed by atoms with Crippen molar-refractivity contribution >= 4 is 0 Å². The molecule has 0 amide bonds. The first kappa shape index (κ1) is 14.6. The third-order valence-electron chi connectivity index (χ3n) is 4.74. The molecule has 0 bridgehead atoms. The van der Waals surface area contributed by atoms with E-state index in [2.05, 4.69) is 37.3 Å². The van der Waals surface area contributed by atoms with Gasteiger partial charge in [0.05, 0.1) is 5.69 Å². The maximum atomic E-state index is 4.55. The van der Waals surface area contributed by atoms with Crippen LogP contribution in [0.4, 0.5) is 0 Å². The number of likely N-dealkylation sites (N-methyl/N-ethyl adjacent to an activating group) is 1. The molecule has 1 aliphatic carbocycles. The van der Waals surface area contributed by atoms with E-state index in [4.69, 9.17) is 0 Å². The van der Waals surface area contributed by atoms with Crippen LogP contribution in [0.2, 0.25) is 0 Å². The lowest BCUT2D eigenvalue weighted by Gasteiger charge is -2.43. The first-order valence-corrected chi connectivity index (χ1v) is 7.75. The molecule has 0 aromatic carbocycles. The second kappa shape index (κ2) is 6.08. The minimum atomic E-state index is 0.458. The minimum Gasteiger partial charge on any atom is -0.314 e. The van der Waals surface area contributed by atoms with Gasteiger partial charge in [-0.3, -0.25) is 4.68 Å². The Hall–Kier alpha value is -0.830. The first-order chi connectivity index (χ1) is 9.03. The van der Waals surface area contributed by atoms with E-state index in [1.54, 1.807) is 0 Å². The van der Waals surface area contributed by atoms with Gasteiger partial charge in [-0.15, -0.1) is 0 Å². The highest BCUT2D eigenvalue weighted by molar-refractivity contribution is 5.04. The van der Waals surface area contributed by atoms with Crippen LogP contribution < -0.4 is 5.32 Å². The Bertz CT molecular complexity index is 394. The van der Waals surface area contributed by atoms with Crippen molar-refractivity contribution in [3.8, 4) is 0 Å². The maximum Gasteiger partial charge on any atom is 0.0640 e. The summed E-state index contributed by atoms with van der Waals surface area (Å²) >= 11 is 0. The highest BCUT2D eigenvalue weighted by atomic mass is 15.2. The summed E-state index contributed by atoms with van der Waals surface area (Å²) < 4.78 is 1.91. The van der Waals surface area contributed by atoms with Crippen molar-refractivity contribution in [2.24, 2.45) is 18.4 Å². The molecule has 2 atom stereocenters. The SMILES string of the molecule is CCNC(Cc1ccn(C)n1)C1CCCCC1(C)C. The molecule has 1 aromatic rings. The zero-order chi connectivity index (χ0) is 13.9. The molecule has 2 rings (SSSR count). The van der Waals surface area contributed by atoms with E-state index in [0.717, 1.165) is 18.9 Å². The van der Waals surface area contributed by atoms with Crippen molar-refractivity contribution in [1.82, 2.24) is 15.1 Å². The fourth-order valence-corrected chi connectivity index (χ4v) is 3.68. The second-order valence-corrected chi connectivity index (χ2v) is 6.69.